The highest BCUT2D eigenvalue weighted by Gasteiger charge is 2.31. The summed E-state index contributed by atoms with van der Waals surface area (Å²) in [7, 11) is 1.97. The highest BCUT2D eigenvalue weighted by Crippen LogP contribution is 2.25. The summed E-state index contributed by atoms with van der Waals surface area (Å²) in [4.78, 5) is 7.31. The van der Waals surface area contributed by atoms with Crippen LogP contribution >= 0.6 is 0 Å². The van der Waals surface area contributed by atoms with Gasteiger partial charge in [0.15, 0.2) is 11.8 Å². The summed E-state index contributed by atoms with van der Waals surface area (Å²) < 4.78 is 7.75. The first-order valence-corrected chi connectivity index (χ1v) is 12.0. The number of aromatic nitrogens is 3. The number of guanidine groups is 1. The first kappa shape index (κ1) is 22.5. The molecule has 3 atom stereocenters. The number of aliphatic imine (C=N–C) groups is 1. The van der Waals surface area contributed by atoms with Crippen molar-refractivity contribution in [3.05, 3.63) is 11.6 Å². The molecule has 3 N–H and O–H groups in total. The largest absolute Gasteiger partial charge is 0.391 e. The molecule has 0 aromatic carbocycles. The molecule has 9 heteroatoms. The summed E-state index contributed by atoms with van der Waals surface area (Å²) in [5.41, 5.74) is 0. The van der Waals surface area contributed by atoms with E-state index in [1.807, 2.05) is 18.5 Å². The maximum absolute atomic E-state index is 10.4. The first-order valence-electron chi connectivity index (χ1n) is 12.0. The van der Waals surface area contributed by atoms with Gasteiger partial charge in [-0.25, -0.2) is 4.99 Å². The van der Waals surface area contributed by atoms with Crippen LogP contribution in [0, 0.1) is 6.92 Å². The van der Waals surface area contributed by atoms with E-state index >= 15 is 0 Å². The zero-order chi connectivity index (χ0) is 21.6. The molecule has 0 spiro atoms. The van der Waals surface area contributed by atoms with Crippen LogP contribution in [0.3, 0.4) is 0 Å². The Morgan fingerprint density at radius 2 is 1.94 bits per heavy atom. The van der Waals surface area contributed by atoms with Gasteiger partial charge in [0, 0.05) is 45.4 Å². The molecular formula is C22H39N7O2. The van der Waals surface area contributed by atoms with Crippen LogP contribution < -0.4 is 10.6 Å². The minimum atomic E-state index is -0.154. The summed E-state index contributed by atoms with van der Waals surface area (Å²) in [6.07, 6.45) is 8.96. The van der Waals surface area contributed by atoms with Crippen LogP contribution in [0.2, 0.25) is 0 Å². The fourth-order valence-electron chi connectivity index (χ4n) is 4.99. The van der Waals surface area contributed by atoms with Crippen molar-refractivity contribution in [3.8, 4) is 0 Å². The van der Waals surface area contributed by atoms with E-state index in [0.717, 1.165) is 88.8 Å². The van der Waals surface area contributed by atoms with Crippen LogP contribution in [-0.2, 0) is 18.3 Å². The quantitative estimate of drug-likeness (QED) is 0.456. The van der Waals surface area contributed by atoms with E-state index in [1.165, 1.54) is 6.42 Å². The standard InChI is InChI=1S/C22H39N7O2/c1-16-26-27-21(28(16)2)15-24-22(23-14-18-6-5-13-31-18)25-17-9-11-29(12-10-17)19-7-3-4-8-20(19)30/h17-20,30H,3-15H2,1-2H3,(H2,23,24,25). The number of nitrogens with zero attached hydrogens (tertiary/aromatic N) is 5. The molecule has 1 aliphatic carbocycles. The molecule has 174 valence electrons. The molecule has 2 aliphatic heterocycles. The van der Waals surface area contributed by atoms with Crippen molar-refractivity contribution in [1.82, 2.24) is 30.3 Å². The number of ether oxygens (including phenoxy) is 1. The summed E-state index contributed by atoms with van der Waals surface area (Å²) in [5.74, 6) is 2.58. The highest BCUT2D eigenvalue weighted by molar-refractivity contribution is 5.80. The predicted octanol–water partition coefficient (Wildman–Crippen LogP) is 1.11. The number of hydrogen-bond acceptors (Lipinski definition) is 6. The van der Waals surface area contributed by atoms with Crippen LogP contribution in [0.4, 0.5) is 0 Å². The van der Waals surface area contributed by atoms with Crippen molar-refractivity contribution in [1.29, 1.82) is 0 Å². The van der Waals surface area contributed by atoms with Crippen LogP contribution in [0.5, 0.6) is 0 Å². The normalized spacial score (nSPS) is 28.7. The second-order valence-electron chi connectivity index (χ2n) is 9.28. The summed E-state index contributed by atoms with van der Waals surface area (Å²) in [6, 6.07) is 0.730. The monoisotopic (exact) mass is 433 g/mol. The van der Waals surface area contributed by atoms with E-state index in [9.17, 15) is 5.11 Å². The number of aliphatic hydroxyl groups is 1. The van der Waals surface area contributed by atoms with Crippen LogP contribution in [0.25, 0.3) is 0 Å². The second kappa shape index (κ2) is 10.7. The summed E-state index contributed by atoms with van der Waals surface area (Å²) in [5, 5.41) is 25.9. The van der Waals surface area contributed by atoms with E-state index in [2.05, 4.69) is 25.7 Å². The Hall–Kier alpha value is -1.71. The molecule has 1 aromatic rings. The van der Waals surface area contributed by atoms with Gasteiger partial charge in [0.25, 0.3) is 0 Å². The Bertz CT molecular complexity index is 723. The van der Waals surface area contributed by atoms with E-state index in [0.29, 0.717) is 18.6 Å². The lowest BCUT2D eigenvalue weighted by Gasteiger charge is -2.41. The molecule has 4 rings (SSSR count). The number of nitrogens with one attached hydrogen (secondary N) is 2. The minimum Gasteiger partial charge on any atom is -0.391 e. The number of aryl methyl sites for hydroxylation is 1. The van der Waals surface area contributed by atoms with Crippen molar-refractivity contribution in [3.63, 3.8) is 0 Å². The molecular weight excluding hydrogens is 394 g/mol. The Morgan fingerprint density at radius 1 is 1.13 bits per heavy atom. The van der Waals surface area contributed by atoms with Crippen molar-refractivity contribution in [2.75, 3.05) is 26.2 Å². The molecule has 3 unspecified atom stereocenters. The molecule has 3 heterocycles. The van der Waals surface area contributed by atoms with E-state index in [-0.39, 0.29) is 12.2 Å². The van der Waals surface area contributed by atoms with Gasteiger partial charge in [-0.3, -0.25) is 4.90 Å². The van der Waals surface area contributed by atoms with Gasteiger partial charge >= 0.3 is 0 Å². The number of likely N-dealkylation sites (tertiary alicyclic amines) is 1. The van der Waals surface area contributed by atoms with E-state index in [1.54, 1.807) is 0 Å². The van der Waals surface area contributed by atoms with Gasteiger partial charge in [-0.15, -0.1) is 10.2 Å². The van der Waals surface area contributed by atoms with Crippen molar-refractivity contribution in [2.45, 2.75) is 89.1 Å². The Labute approximate surface area is 185 Å². The molecule has 1 saturated carbocycles. The fourth-order valence-corrected chi connectivity index (χ4v) is 4.99. The lowest BCUT2D eigenvalue weighted by molar-refractivity contribution is 0.00809. The Kier molecular flexibility index (Phi) is 7.79. The number of piperidine rings is 1. The second-order valence-corrected chi connectivity index (χ2v) is 9.28. The molecule has 0 bridgehead atoms. The van der Waals surface area contributed by atoms with Gasteiger partial charge in [0.05, 0.1) is 12.2 Å². The number of rotatable bonds is 6. The summed E-state index contributed by atoms with van der Waals surface area (Å²) >= 11 is 0. The molecule has 0 radical (unpaired) electrons. The van der Waals surface area contributed by atoms with E-state index in [4.69, 9.17) is 9.73 Å². The van der Waals surface area contributed by atoms with Gasteiger partial charge < -0.3 is 25.0 Å². The maximum atomic E-state index is 10.4. The zero-order valence-electron chi connectivity index (χ0n) is 19.1. The topological polar surface area (TPSA) is 99.8 Å². The molecule has 3 aliphatic rings. The molecule has 3 fully saturated rings. The maximum Gasteiger partial charge on any atom is 0.192 e. The SMILES string of the molecule is Cc1nnc(CN=C(NCC2CCCO2)NC2CCN(C3CCCCC3O)CC2)n1C. The smallest absolute Gasteiger partial charge is 0.192 e. The average Bonchev–Trinajstić information content (AvgIpc) is 3.42. The highest BCUT2D eigenvalue weighted by atomic mass is 16.5. The third-order valence-electron chi connectivity index (χ3n) is 7.12. The van der Waals surface area contributed by atoms with Gasteiger partial charge in [0.1, 0.15) is 12.4 Å². The van der Waals surface area contributed by atoms with Crippen molar-refractivity contribution >= 4 is 5.96 Å². The first-order chi connectivity index (χ1) is 15.1. The van der Waals surface area contributed by atoms with Gasteiger partial charge in [0.2, 0.25) is 0 Å². The van der Waals surface area contributed by atoms with Crippen LogP contribution in [-0.4, -0.2) is 81.3 Å². The van der Waals surface area contributed by atoms with Crippen LogP contribution in [0.15, 0.2) is 4.99 Å². The van der Waals surface area contributed by atoms with Crippen molar-refractivity contribution < 1.29 is 9.84 Å². The van der Waals surface area contributed by atoms with E-state index < -0.39 is 0 Å². The van der Waals surface area contributed by atoms with Crippen molar-refractivity contribution in [2.24, 2.45) is 12.0 Å². The van der Waals surface area contributed by atoms with Gasteiger partial charge in [-0.2, -0.15) is 0 Å². The molecule has 31 heavy (non-hydrogen) atoms. The van der Waals surface area contributed by atoms with Gasteiger partial charge in [-0.1, -0.05) is 12.8 Å². The Balaban J connectivity index is 1.32. The van der Waals surface area contributed by atoms with Crippen LogP contribution in [0.1, 0.15) is 63.0 Å². The lowest BCUT2D eigenvalue weighted by atomic mass is 9.89. The molecule has 9 nitrogen and oxygen atoms in total. The Morgan fingerprint density at radius 3 is 2.61 bits per heavy atom. The number of hydrogen-bond donors (Lipinski definition) is 3. The number of aliphatic hydroxyl groups excluding tert-OH is 1. The van der Waals surface area contributed by atoms with Gasteiger partial charge in [-0.05, 0) is 45.4 Å². The predicted molar refractivity (Wildman–Crippen MR) is 120 cm³/mol. The molecule has 0 amide bonds. The fraction of sp³-hybridized carbons (Fsp3) is 0.864. The third kappa shape index (κ3) is 5.96. The summed E-state index contributed by atoms with van der Waals surface area (Å²) in [6.45, 7) is 6.13. The average molecular weight is 434 g/mol. The lowest BCUT2D eigenvalue weighted by Crippen LogP contribution is -2.54. The molecule has 2 saturated heterocycles. The third-order valence-corrected chi connectivity index (χ3v) is 7.12. The molecule has 1 aromatic heterocycles. The minimum absolute atomic E-state index is 0.154. The zero-order valence-corrected chi connectivity index (χ0v) is 19.1.